The smallest absolute Gasteiger partial charge is 0.255 e. The SMILES string of the molecule is CC(Cc1ccco1)NC(=O)c1cc(O)ccc1O. The van der Waals surface area contributed by atoms with Gasteiger partial charge in [-0.05, 0) is 37.3 Å². The molecule has 0 aliphatic heterocycles. The Kier molecular flexibility index (Phi) is 3.75. The van der Waals surface area contributed by atoms with Crippen LogP contribution in [0.5, 0.6) is 11.5 Å². The van der Waals surface area contributed by atoms with Crippen molar-refractivity contribution in [2.75, 3.05) is 0 Å². The van der Waals surface area contributed by atoms with E-state index in [0.29, 0.717) is 6.42 Å². The van der Waals surface area contributed by atoms with E-state index in [1.807, 2.05) is 13.0 Å². The zero-order valence-corrected chi connectivity index (χ0v) is 10.5. The molecule has 1 aromatic carbocycles. The maximum atomic E-state index is 11.9. The molecule has 100 valence electrons. The van der Waals surface area contributed by atoms with Gasteiger partial charge in [0.15, 0.2) is 0 Å². The molecule has 2 rings (SSSR count). The van der Waals surface area contributed by atoms with E-state index in [1.54, 1.807) is 12.3 Å². The number of phenolic OH excluding ortho intramolecular Hbond substituents is 2. The molecule has 5 heteroatoms. The lowest BCUT2D eigenvalue weighted by Gasteiger charge is -2.13. The van der Waals surface area contributed by atoms with Crippen LogP contribution < -0.4 is 5.32 Å². The summed E-state index contributed by atoms with van der Waals surface area (Å²) < 4.78 is 5.19. The first-order valence-corrected chi connectivity index (χ1v) is 5.91. The van der Waals surface area contributed by atoms with Crippen molar-refractivity contribution in [3.05, 3.63) is 47.9 Å². The van der Waals surface area contributed by atoms with Crippen LogP contribution in [0.4, 0.5) is 0 Å². The highest BCUT2D eigenvalue weighted by molar-refractivity contribution is 5.97. The zero-order chi connectivity index (χ0) is 13.8. The summed E-state index contributed by atoms with van der Waals surface area (Å²) >= 11 is 0. The van der Waals surface area contributed by atoms with Crippen LogP contribution in [0.3, 0.4) is 0 Å². The van der Waals surface area contributed by atoms with Crippen molar-refractivity contribution in [3.8, 4) is 11.5 Å². The Bertz CT molecular complexity index is 563. The molecule has 19 heavy (non-hydrogen) atoms. The van der Waals surface area contributed by atoms with Crippen LogP contribution in [-0.2, 0) is 6.42 Å². The van der Waals surface area contributed by atoms with Gasteiger partial charge in [0.1, 0.15) is 17.3 Å². The molecular formula is C14H15NO4. The number of carbonyl (C=O) groups is 1. The average Bonchev–Trinajstić information content (AvgIpc) is 2.84. The lowest BCUT2D eigenvalue weighted by molar-refractivity contribution is 0.0936. The van der Waals surface area contributed by atoms with Crippen molar-refractivity contribution in [2.45, 2.75) is 19.4 Å². The minimum absolute atomic E-state index is 0.0475. The highest BCUT2D eigenvalue weighted by Gasteiger charge is 2.15. The first-order chi connectivity index (χ1) is 9.06. The number of furan rings is 1. The molecule has 0 fully saturated rings. The number of nitrogens with one attached hydrogen (secondary N) is 1. The van der Waals surface area contributed by atoms with Gasteiger partial charge in [0.2, 0.25) is 0 Å². The van der Waals surface area contributed by atoms with Crippen LogP contribution in [0.1, 0.15) is 23.0 Å². The molecule has 5 nitrogen and oxygen atoms in total. The zero-order valence-electron chi connectivity index (χ0n) is 10.5. The molecule has 3 N–H and O–H groups in total. The fourth-order valence-electron chi connectivity index (χ4n) is 1.79. The summed E-state index contributed by atoms with van der Waals surface area (Å²) in [5, 5.41) is 21.6. The topological polar surface area (TPSA) is 82.7 Å². The van der Waals surface area contributed by atoms with Crippen molar-refractivity contribution in [1.82, 2.24) is 5.32 Å². The molecule has 1 atom stereocenters. The Labute approximate surface area is 110 Å². The standard InChI is InChI=1S/C14H15NO4/c1-9(7-11-3-2-6-19-11)15-14(18)12-8-10(16)4-5-13(12)17/h2-6,8-9,16-17H,7H2,1H3,(H,15,18). The van der Waals surface area contributed by atoms with Crippen molar-refractivity contribution in [1.29, 1.82) is 0 Å². The van der Waals surface area contributed by atoms with Crippen molar-refractivity contribution in [2.24, 2.45) is 0 Å². The number of carbonyl (C=O) groups excluding carboxylic acids is 1. The van der Waals surface area contributed by atoms with Crippen LogP contribution in [0, 0.1) is 0 Å². The van der Waals surface area contributed by atoms with Crippen molar-refractivity contribution in [3.63, 3.8) is 0 Å². The second kappa shape index (κ2) is 5.48. The predicted molar refractivity (Wildman–Crippen MR) is 69.1 cm³/mol. The molecule has 0 spiro atoms. The lowest BCUT2D eigenvalue weighted by atomic mass is 10.1. The quantitative estimate of drug-likeness (QED) is 0.736. The van der Waals surface area contributed by atoms with Crippen LogP contribution >= 0.6 is 0 Å². The molecular weight excluding hydrogens is 246 g/mol. The summed E-state index contributed by atoms with van der Waals surface area (Å²) in [4.78, 5) is 11.9. The Hall–Kier alpha value is -2.43. The van der Waals surface area contributed by atoms with E-state index in [-0.39, 0.29) is 23.1 Å². The molecule has 1 unspecified atom stereocenters. The molecule has 0 bridgehead atoms. The number of aromatic hydroxyl groups is 2. The minimum atomic E-state index is -0.438. The summed E-state index contributed by atoms with van der Waals surface area (Å²) in [6.45, 7) is 1.83. The van der Waals surface area contributed by atoms with E-state index in [1.165, 1.54) is 18.2 Å². The van der Waals surface area contributed by atoms with Gasteiger partial charge in [-0.2, -0.15) is 0 Å². The number of hydrogen-bond acceptors (Lipinski definition) is 4. The van der Waals surface area contributed by atoms with Gasteiger partial charge in [0.05, 0.1) is 11.8 Å². The van der Waals surface area contributed by atoms with Gasteiger partial charge in [0, 0.05) is 12.5 Å². The maximum absolute atomic E-state index is 11.9. The van der Waals surface area contributed by atoms with Gasteiger partial charge in [-0.15, -0.1) is 0 Å². The summed E-state index contributed by atoms with van der Waals surface area (Å²) in [6.07, 6.45) is 2.13. The molecule has 0 radical (unpaired) electrons. The Morgan fingerprint density at radius 3 is 2.84 bits per heavy atom. The van der Waals surface area contributed by atoms with Gasteiger partial charge < -0.3 is 19.9 Å². The molecule has 0 aliphatic carbocycles. The van der Waals surface area contributed by atoms with Crippen molar-refractivity contribution >= 4 is 5.91 Å². The number of rotatable bonds is 4. The van der Waals surface area contributed by atoms with Crippen LogP contribution in [0.2, 0.25) is 0 Å². The lowest BCUT2D eigenvalue weighted by Crippen LogP contribution is -2.34. The summed E-state index contributed by atoms with van der Waals surface area (Å²) in [5.41, 5.74) is 0.0475. The molecule has 0 saturated carbocycles. The molecule has 0 aliphatic rings. The first kappa shape index (κ1) is 13.0. The summed E-state index contributed by atoms with van der Waals surface area (Å²) in [7, 11) is 0. The highest BCUT2D eigenvalue weighted by atomic mass is 16.3. The number of phenols is 2. The van der Waals surface area contributed by atoms with Crippen LogP contribution in [-0.4, -0.2) is 22.2 Å². The Balaban J connectivity index is 2.02. The van der Waals surface area contributed by atoms with E-state index in [9.17, 15) is 15.0 Å². The Morgan fingerprint density at radius 1 is 1.37 bits per heavy atom. The predicted octanol–water partition coefficient (Wildman–Crippen LogP) is 2.05. The van der Waals surface area contributed by atoms with E-state index in [2.05, 4.69) is 5.32 Å². The van der Waals surface area contributed by atoms with Crippen LogP contribution in [0.25, 0.3) is 0 Å². The first-order valence-electron chi connectivity index (χ1n) is 5.91. The number of amides is 1. The second-order valence-corrected chi connectivity index (χ2v) is 4.36. The fraction of sp³-hybridized carbons (Fsp3) is 0.214. The normalized spacial score (nSPS) is 12.1. The molecule has 1 amide bonds. The molecule has 1 aromatic heterocycles. The van der Waals surface area contributed by atoms with Gasteiger partial charge in [-0.25, -0.2) is 0 Å². The van der Waals surface area contributed by atoms with E-state index >= 15 is 0 Å². The Morgan fingerprint density at radius 2 is 2.16 bits per heavy atom. The molecule has 0 saturated heterocycles. The third kappa shape index (κ3) is 3.28. The second-order valence-electron chi connectivity index (χ2n) is 4.36. The number of benzene rings is 1. The fourth-order valence-corrected chi connectivity index (χ4v) is 1.79. The largest absolute Gasteiger partial charge is 0.508 e. The van der Waals surface area contributed by atoms with Gasteiger partial charge in [0.25, 0.3) is 5.91 Å². The van der Waals surface area contributed by atoms with Crippen LogP contribution in [0.15, 0.2) is 41.0 Å². The molecule has 2 aromatic rings. The van der Waals surface area contributed by atoms with Gasteiger partial charge in [-0.1, -0.05) is 0 Å². The third-order valence-corrected chi connectivity index (χ3v) is 2.69. The maximum Gasteiger partial charge on any atom is 0.255 e. The van der Waals surface area contributed by atoms with E-state index in [4.69, 9.17) is 4.42 Å². The monoisotopic (exact) mass is 261 g/mol. The van der Waals surface area contributed by atoms with Gasteiger partial charge in [-0.3, -0.25) is 4.79 Å². The van der Waals surface area contributed by atoms with Gasteiger partial charge >= 0.3 is 0 Å². The minimum Gasteiger partial charge on any atom is -0.508 e. The molecule has 1 heterocycles. The summed E-state index contributed by atoms with van der Waals surface area (Å²) in [6, 6.07) is 7.28. The average molecular weight is 261 g/mol. The third-order valence-electron chi connectivity index (χ3n) is 2.69. The highest BCUT2D eigenvalue weighted by Crippen LogP contribution is 2.22. The van der Waals surface area contributed by atoms with E-state index in [0.717, 1.165) is 5.76 Å². The van der Waals surface area contributed by atoms with Crippen molar-refractivity contribution < 1.29 is 19.4 Å². The summed E-state index contributed by atoms with van der Waals surface area (Å²) in [5.74, 6) is 0.0996. The number of hydrogen-bond donors (Lipinski definition) is 3. The van der Waals surface area contributed by atoms with E-state index < -0.39 is 5.91 Å².